The van der Waals surface area contributed by atoms with Gasteiger partial charge in [-0.2, -0.15) is 0 Å². The Balaban J connectivity index is 2.53. The molecule has 0 fully saturated rings. The first-order chi connectivity index (χ1) is 10.3. The minimum absolute atomic E-state index is 0.222. The quantitative estimate of drug-likeness (QED) is 0.416. The molecule has 0 aliphatic heterocycles. The Kier molecular flexibility index (Phi) is 6.18. The predicted molar refractivity (Wildman–Crippen MR) is 77.9 cm³/mol. The number of phenols is 2. The van der Waals surface area contributed by atoms with Crippen molar-refractivity contribution in [2.75, 3.05) is 6.54 Å². The number of phenolic OH excluding ortho intramolecular Hbond substituents is 2. The fraction of sp³-hybridized carbons (Fsp3) is 0.357. The summed E-state index contributed by atoms with van der Waals surface area (Å²) in [6.07, 6.45) is 0.119. The maximum atomic E-state index is 11.9. The molecule has 3 amide bonds. The van der Waals surface area contributed by atoms with Crippen LogP contribution in [0.1, 0.15) is 18.9 Å². The summed E-state index contributed by atoms with van der Waals surface area (Å²) in [5.41, 5.74) is 5.75. The van der Waals surface area contributed by atoms with Crippen LogP contribution in [0.2, 0.25) is 0 Å². The number of carbonyl (C=O) groups is 3. The van der Waals surface area contributed by atoms with Crippen molar-refractivity contribution < 1.29 is 24.6 Å². The number of amides is 3. The van der Waals surface area contributed by atoms with Gasteiger partial charge in [-0.15, -0.1) is 0 Å². The summed E-state index contributed by atoms with van der Waals surface area (Å²) in [4.78, 5) is 33.8. The van der Waals surface area contributed by atoms with Gasteiger partial charge >= 0.3 is 0 Å². The van der Waals surface area contributed by atoms with Gasteiger partial charge < -0.3 is 26.6 Å². The molecule has 1 rings (SSSR count). The van der Waals surface area contributed by atoms with E-state index in [0.717, 1.165) is 0 Å². The Morgan fingerprint density at radius 1 is 1.23 bits per heavy atom. The lowest BCUT2D eigenvalue weighted by atomic mass is 10.1. The molecule has 0 saturated heterocycles. The second-order valence-corrected chi connectivity index (χ2v) is 4.79. The molecule has 8 nitrogen and oxygen atoms in total. The van der Waals surface area contributed by atoms with Crippen LogP contribution < -0.4 is 16.4 Å². The highest BCUT2D eigenvalue weighted by Crippen LogP contribution is 2.24. The van der Waals surface area contributed by atoms with Gasteiger partial charge in [-0.3, -0.25) is 14.4 Å². The summed E-state index contributed by atoms with van der Waals surface area (Å²) in [6, 6.07) is 3.33. The van der Waals surface area contributed by atoms with E-state index >= 15 is 0 Å². The number of rotatable bonds is 7. The molecule has 1 aromatic rings. The van der Waals surface area contributed by atoms with Crippen molar-refractivity contribution in [3.05, 3.63) is 23.8 Å². The first-order valence-electron chi connectivity index (χ1n) is 6.63. The van der Waals surface area contributed by atoms with Crippen LogP contribution in [0.15, 0.2) is 18.2 Å². The smallest absolute Gasteiger partial charge is 0.243 e. The standard InChI is InChI=1S/C14H19N3O5/c1-8(18)17-10(7-13(15)21)14(22)16-5-4-9-2-3-11(19)12(20)6-9/h2-3,6,10,19-20H,4-5,7H2,1H3,(H2,15,21)(H,16,22)(H,17,18)/t10-/m0/s1. The Bertz CT molecular complexity index is 558. The lowest BCUT2D eigenvalue weighted by Crippen LogP contribution is -2.48. The number of benzene rings is 1. The zero-order chi connectivity index (χ0) is 16.7. The normalized spacial score (nSPS) is 11.5. The number of primary amides is 1. The maximum absolute atomic E-state index is 11.9. The van der Waals surface area contributed by atoms with E-state index in [-0.39, 0.29) is 24.5 Å². The molecule has 0 heterocycles. The summed E-state index contributed by atoms with van der Waals surface area (Å²) < 4.78 is 0. The van der Waals surface area contributed by atoms with Gasteiger partial charge in [0.1, 0.15) is 6.04 Å². The number of aromatic hydroxyl groups is 2. The molecule has 0 aliphatic carbocycles. The molecule has 1 atom stereocenters. The molecule has 0 aliphatic rings. The molecule has 0 saturated carbocycles. The van der Waals surface area contributed by atoms with Crippen LogP contribution in [0, 0.1) is 0 Å². The van der Waals surface area contributed by atoms with Crippen molar-refractivity contribution in [3.8, 4) is 11.5 Å². The Morgan fingerprint density at radius 2 is 1.91 bits per heavy atom. The molecule has 6 N–H and O–H groups in total. The monoisotopic (exact) mass is 309 g/mol. The average molecular weight is 309 g/mol. The number of hydrogen-bond donors (Lipinski definition) is 5. The summed E-state index contributed by atoms with van der Waals surface area (Å²) in [5, 5.41) is 23.5. The Morgan fingerprint density at radius 3 is 2.45 bits per heavy atom. The molecule has 22 heavy (non-hydrogen) atoms. The van der Waals surface area contributed by atoms with Crippen molar-refractivity contribution in [1.29, 1.82) is 0 Å². The van der Waals surface area contributed by atoms with E-state index in [1.165, 1.54) is 19.1 Å². The average Bonchev–Trinajstić information content (AvgIpc) is 2.41. The summed E-state index contributed by atoms with van der Waals surface area (Å²) in [5.74, 6) is -2.12. The summed E-state index contributed by atoms with van der Waals surface area (Å²) in [6.45, 7) is 1.47. The molecular formula is C14H19N3O5. The van der Waals surface area contributed by atoms with Gasteiger partial charge in [-0.25, -0.2) is 0 Å². The van der Waals surface area contributed by atoms with Crippen LogP contribution in [0.4, 0.5) is 0 Å². The van der Waals surface area contributed by atoms with Gasteiger partial charge in [-0.1, -0.05) is 6.07 Å². The lowest BCUT2D eigenvalue weighted by molar-refractivity contribution is -0.130. The third kappa shape index (κ3) is 5.70. The van der Waals surface area contributed by atoms with E-state index in [1.807, 2.05) is 0 Å². The van der Waals surface area contributed by atoms with E-state index < -0.39 is 23.8 Å². The van der Waals surface area contributed by atoms with Crippen LogP contribution >= 0.6 is 0 Å². The van der Waals surface area contributed by atoms with Crippen molar-refractivity contribution in [1.82, 2.24) is 10.6 Å². The number of nitrogens with one attached hydrogen (secondary N) is 2. The van der Waals surface area contributed by atoms with Crippen molar-refractivity contribution in [2.45, 2.75) is 25.8 Å². The van der Waals surface area contributed by atoms with E-state index in [9.17, 15) is 24.6 Å². The second-order valence-electron chi connectivity index (χ2n) is 4.79. The van der Waals surface area contributed by atoms with Gasteiger partial charge in [0, 0.05) is 13.5 Å². The van der Waals surface area contributed by atoms with Gasteiger partial charge in [0.2, 0.25) is 17.7 Å². The van der Waals surface area contributed by atoms with Crippen molar-refractivity contribution in [2.24, 2.45) is 5.73 Å². The van der Waals surface area contributed by atoms with Crippen molar-refractivity contribution in [3.63, 3.8) is 0 Å². The topological polar surface area (TPSA) is 142 Å². The van der Waals surface area contributed by atoms with Crippen molar-refractivity contribution >= 4 is 17.7 Å². The lowest BCUT2D eigenvalue weighted by Gasteiger charge is -2.16. The van der Waals surface area contributed by atoms with Crippen LogP contribution in [-0.4, -0.2) is 40.5 Å². The highest BCUT2D eigenvalue weighted by atomic mass is 16.3. The molecule has 0 bridgehead atoms. The zero-order valence-corrected chi connectivity index (χ0v) is 12.1. The van der Waals surface area contributed by atoms with E-state index in [2.05, 4.69) is 10.6 Å². The molecule has 0 unspecified atom stereocenters. The molecule has 0 spiro atoms. The summed E-state index contributed by atoms with van der Waals surface area (Å²) in [7, 11) is 0. The number of carbonyl (C=O) groups excluding carboxylic acids is 3. The third-order valence-corrected chi connectivity index (χ3v) is 2.85. The highest BCUT2D eigenvalue weighted by molar-refractivity contribution is 5.91. The summed E-state index contributed by atoms with van der Waals surface area (Å²) >= 11 is 0. The van der Waals surface area contributed by atoms with E-state index in [0.29, 0.717) is 12.0 Å². The molecule has 0 radical (unpaired) electrons. The second kappa shape index (κ2) is 7.87. The minimum atomic E-state index is -1.01. The number of nitrogens with two attached hydrogens (primary N) is 1. The fourth-order valence-electron chi connectivity index (χ4n) is 1.83. The van der Waals surface area contributed by atoms with Gasteiger partial charge in [0.15, 0.2) is 11.5 Å². The Labute approximate surface area is 127 Å². The fourth-order valence-corrected chi connectivity index (χ4v) is 1.83. The zero-order valence-electron chi connectivity index (χ0n) is 12.1. The maximum Gasteiger partial charge on any atom is 0.243 e. The van der Waals surface area contributed by atoms with Crippen LogP contribution in [0.25, 0.3) is 0 Å². The third-order valence-electron chi connectivity index (χ3n) is 2.85. The molecular weight excluding hydrogens is 290 g/mol. The van der Waals surface area contributed by atoms with Gasteiger partial charge in [0.05, 0.1) is 6.42 Å². The van der Waals surface area contributed by atoms with Gasteiger partial charge in [-0.05, 0) is 24.1 Å². The molecule has 0 aromatic heterocycles. The number of hydrogen-bond acceptors (Lipinski definition) is 5. The highest BCUT2D eigenvalue weighted by Gasteiger charge is 2.21. The minimum Gasteiger partial charge on any atom is -0.504 e. The largest absolute Gasteiger partial charge is 0.504 e. The first kappa shape index (κ1) is 17.3. The molecule has 8 heteroatoms. The molecule has 1 aromatic carbocycles. The Hall–Kier alpha value is -2.77. The van der Waals surface area contributed by atoms with Crippen LogP contribution in [-0.2, 0) is 20.8 Å². The first-order valence-corrected chi connectivity index (χ1v) is 6.63. The van der Waals surface area contributed by atoms with Crippen LogP contribution in [0.5, 0.6) is 11.5 Å². The van der Waals surface area contributed by atoms with E-state index in [1.54, 1.807) is 6.07 Å². The van der Waals surface area contributed by atoms with E-state index in [4.69, 9.17) is 5.73 Å². The predicted octanol–water partition coefficient (Wildman–Crippen LogP) is -0.863. The van der Waals surface area contributed by atoms with Gasteiger partial charge in [0.25, 0.3) is 0 Å². The van der Waals surface area contributed by atoms with Crippen LogP contribution in [0.3, 0.4) is 0 Å². The SMILES string of the molecule is CC(=O)N[C@@H](CC(N)=O)C(=O)NCCc1ccc(O)c(O)c1. The molecule has 120 valence electrons.